The monoisotopic (exact) mass is 816 g/mol. The van der Waals surface area contributed by atoms with E-state index >= 15 is 0 Å². The van der Waals surface area contributed by atoms with Gasteiger partial charge in [-0.05, 0) is 107 Å². The number of nitrogens with zero attached hydrogens (tertiary/aromatic N) is 1. The molecule has 1 unspecified atom stereocenters. The first-order chi connectivity index (χ1) is 31.6. The maximum absolute atomic E-state index is 7.17. The van der Waals surface area contributed by atoms with Crippen molar-refractivity contribution in [1.82, 2.24) is 0 Å². The summed E-state index contributed by atoms with van der Waals surface area (Å²) in [6.45, 7) is 0. The van der Waals surface area contributed by atoms with Crippen molar-refractivity contribution in [1.29, 1.82) is 0 Å². The van der Waals surface area contributed by atoms with Crippen LogP contribution in [-0.2, 0) is 5.66 Å². The van der Waals surface area contributed by atoms with Crippen molar-refractivity contribution < 1.29 is 0 Å². The van der Waals surface area contributed by atoms with Gasteiger partial charge < -0.3 is 0 Å². The largest absolute Gasteiger partial charge is 0.298 e. The Morgan fingerprint density at radius 2 is 0.500 bits per heavy atom. The van der Waals surface area contributed by atoms with E-state index in [1.807, 2.05) is 6.07 Å². The lowest BCUT2D eigenvalue weighted by Crippen LogP contribution is -2.28. The third-order valence-corrected chi connectivity index (χ3v) is 12.4. The zero-order chi connectivity index (χ0) is 42.9. The molecule has 1 atom stereocenters. The molecule has 0 aliphatic carbocycles. The topological polar surface area (TPSA) is 38.4 Å². The van der Waals surface area contributed by atoms with E-state index in [-0.39, 0.29) is 0 Å². The van der Waals surface area contributed by atoms with Crippen LogP contribution in [0.15, 0.2) is 260 Å². The molecule has 0 aromatic heterocycles. The molecule has 0 bridgehead atoms. The summed E-state index contributed by atoms with van der Waals surface area (Å²) < 4.78 is 0. The lowest BCUT2D eigenvalue weighted by atomic mass is 9.74. The SMILES string of the molecule is NC1(c2cccc(-c3cccc(-c4c(-c5ccccc5)c(-c5ccccc5)c(-c5ccccc5)c(-c5ccccc5)c4-c4ccccc4)c3)c2)N=C1c1cccc(-c2ccccc2)c1. The molecule has 1 heterocycles. The first-order valence-corrected chi connectivity index (χ1v) is 21.9. The molecular weight excluding hydrogens is 773 g/mol. The van der Waals surface area contributed by atoms with Gasteiger partial charge in [0.15, 0.2) is 5.66 Å². The molecule has 10 aromatic rings. The van der Waals surface area contributed by atoms with Crippen LogP contribution in [0.4, 0.5) is 0 Å². The highest BCUT2D eigenvalue weighted by Gasteiger charge is 2.46. The lowest BCUT2D eigenvalue weighted by Gasteiger charge is -2.29. The van der Waals surface area contributed by atoms with Gasteiger partial charge in [-0.15, -0.1) is 0 Å². The van der Waals surface area contributed by atoms with Crippen LogP contribution in [0, 0.1) is 0 Å². The Balaban J connectivity index is 1.14. The average molecular weight is 817 g/mol. The van der Waals surface area contributed by atoms with Crippen LogP contribution in [-0.4, -0.2) is 5.71 Å². The van der Waals surface area contributed by atoms with Gasteiger partial charge in [0.25, 0.3) is 0 Å². The van der Waals surface area contributed by atoms with Gasteiger partial charge in [-0.3, -0.25) is 10.7 Å². The van der Waals surface area contributed by atoms with Gasteiger partial charge in [-0.2, -0.15) is 0 Å². The average Bonchev–Trinajstić information content (AvgIpc) is 4.09. The molecule has 0 fully saturated rings. The highest BCUT2D eigenvalue weighted by Crippen LogP contribution is 2.56. The standard InChI is InChI=1S/C62H44N2/c63-62(61(64-62)53-38-20-34-49(41-53)43-22-7-1-8-23-43)54-39-21-36-51(42-54)50-35-19-37-52(40-50)60-58(47-30-15-5-16-31-47)56(45-26-11-3-12-27-45)55(44-24-9-2-10-25-44)57(46-28-13-4-14-29-46)59(60)48-32-17-6-18-33-48/h1-42H,63H2. The Kier molecular flexibility index (Phi) is 10.0. The fourth-order valence-electron chi connectivity index (χ4n) is 9.41. The predicted molar refractivity (Wildman–Crippen MR) is 269 cm³/mol. The van der Waals surface area contributed by atoms with Gasteiger partial charge in [0.2, 0.25) is 0 Å². The van der Waals surface area contributed by atoms with Gasteiger partial charge in [0.05, 0.1) is 5.71 Å². The second-order valence-electron chi connectivity index (χ2n) is 16.4. The van der Waals surface area contributed by atoms with E-state index in [1.54, 1.807) is 0 Å². The molecule has 2 nitrogen and oxygen atoms in total. The Hall–Kier alpha value is -8.17. The van der Waals surface area contributed by atoms with Crippen molar-refractivity contribution in [2.45, 2.75) is 5.66 Å². The second kappa shape index (κ2) is 16.6. The molecule has 0 saturated heterocycles. The maximum atomic E-state index is 7.17. The van der Waals surface area contributed by atoms with E-state index in [0.717, 1.165) is 66.9 Å². The van der Waals surface area contributed by atoms with Crippen LogP contribution in [0.3, 0.4) is 0 Å². The van der Waals surface area contributed by atoms with Crippen LogP contribution in [0.2, 0.25) is 0 Å². The summed E-state index contributed by atoms with van der Waals surface area (Å²) in [4.78, 5) is 4.96. The highest BCUT2D eigenvalue weighted by molar-refractivity contribution is 6.18. The summed E-state index contributed by atoms with van der Waals surface area (Å²) in [5.41, 5.74) is 27.7. The van der Waals surface area contributed by atoms with Crippen LogP contribution < -0.4 is 5.73 Å². The molecule has 0 saturated carbocycles. The smallest absolute Gasteiger partial charge is 0.177 e. The fourth-order valence-corrected chi connectivity index (χ4v) is 9.41. The van der Waals surface area contributed by atoms with Gasteiger partial charge in [-0.1, -0.05) is 237 Å². The first kappa shape index (κ1) is 38.7. The summed E-state index contributed by atoms with van der Waals surface area (Å²) in [5, 5.41) is 0. The zero-order valence-electron chi connectivity index (χ0n) is 35.3. The van der Waals surface area contributed by atoms with E-state index in [2.05, 4.69) is 249 Å². The molecule has 2 N–H and O–H groups in total. The molecule has 11 rings (SSSR count). The van der Waals surface area contributed by atoms with Crippen LogP contribution >= 0.6 is 0 Å². The van der Waals surface area contributed by atoms with Gasteiger partial charge in [0, 0.05) is 11.1 Å². The first-order valence-electron chi connectivity index (χ1n) is 21.9. The molecule has 10 aromatic carbocycles. The molecule has 2 heteroatoms. The van der Waals surface area contributed by atoms with Crippen molar-refractivity contribution in [3.8, 4) is 89.0 Å². The maximum Gasteiger partial charge on any atom is 0.177 e. The Bertz CT molecular complexity index is 3180. The number of hydrogen-bond acceptors (Lipinski definition) is 2. The molecule has 1 aliphatic heterocycles. The van der Waals surface area contributed by atoms with Gasteiger partial charge in [-0.25, -0.2) is 0 Å². The summed E-state index contributed by atoms with van der Waals surface area (Å²) in [7, 11) is 0. The van der Waals surface area contributed by atoms with E-state index in [4.69, 9.17) is 10.7 Å². The number of rotatable bonds is 10. The van der Waals surface area contributed by atoms with Crippen LogP contribution in [0.1, 0.15) is 11.1 Å². The van der Waals surface area contributed by atoms with Crippen LogP contribution in [0.5, 0.6) is 0 Å². The quantitative estimate of drug-likeness (QED) is 0.147. The number of nitrogens with two attached hydrogens (primary N) is 1. The minimum atomic E-state index is -0.896. The van der Waals surface area contributed by atoms with Crippen molar-refractivity contribution in [3.05, 3.63) is 266 Å². The molecule has 0 amide bonds. The molecular formula is C62H44N2. The van der Waals surface area contributed by atoms with E-state index in [0.29, 0.717) is 0 Å². The Morgan fingerprint density at radius 1 is 0.234 bits per heavy atom. The van der Waals surface area contributed by atoms with Crippen LogP contribution in [0.25, 0.3) is 89.0 Å². The molecule has 0 radical (unpaired) electrons. The zero-order valence-corrected chi connectivity index (χ0v) is 35.3. The summed E-state index contributed by atoms with van der Waals surface area (Å²) >= 11 is 0. The van der Waals surface area contributed by atoms with E-state index in [1.165, 1.54) is 38.9 Å². The number of benzene rings is 10. The van der Waals surface area contributed by atoms with Crippen molar-refractivity contribution >= 4 is 5.71 Å². The van der Waals surface area contributed by atoms with Crippen molar-refractivity contribution in [3.63, 3.8) is 0 Å². The van der Waals surface area contributed by atoms with E-state index in [9.17, 15) is 0 Å². The summed E-state index contributed by atoms with van der Waals surface area (Å²) in [6.07, 6.45) is 0. The van der Waals surface area contributed by atoms with E-state index < -0.39 is 5.66 Å². The van der Waals surface area contributed by atoms with Crippen molar-refractivity contribution in [2.75, 3.05) is 0 Å². The minimum Gasteiger partial charge on any atom is -0.298 e. The lowest BCUT2D eigenvalue weighted by molar-refractivity contribution is 0.758. The third kappa shape index (κ3) is 7.16. The van der Waals surface area contributed by atoms with Gasteiger partial charge >= 0.3 is 0 Å². The summed E-state index contributed by atoms with van der Waals surface area (Å²) in [5.74, 6) is 0. The van der Waals surface area contributed by atoms with Gasteiger partial charge in [0.1, 0.15) is 0 Å². The number of aliphatic imine (C=N–C) groups is 1. The highest BCUT2D eigenvalue weighted by atomic mass is 15.2. The third-order valence-electron chi connectivity index (χ3n) is 12.4. The molecule has 1 aliphatic rings. The number of hydrogen-bond donors (Lipinski definition) is 1. The fraction of sp³-hybridized carbons (Fsp3) is 0.0161. The molecule has 0 spiro atoms. The summed E-state index contributed by atoms with van der Waals surface area (Å²) in [6, 6.07) is 91.2. The molecule has 302 valence electrons. The second-order valence-corrected chi connectivity index (χ2v) is 16.4. The Labute approximate surface area is 375 Å². The minimum absolute atomic E-state index is 0.896. The molecule has 64 heavy (non-hydrogen) atoms. The predicted octanol–water partition coefficient (Wildman–Crippen LogP) is 15.6. The van der Waals surface area contributed by atoms with Crippen molar-refractivity contribution in [2.24, 2.45) is 10.7 Å². The Morgan fingerprint density at radius 3 is 0.906 bits per heavy atom. The normalized spacial score (nSPS) is 14.2.